The third kappa shape index (κ3) is 9.32. The average Bonchev–Trinajstić information content (AvgIpc) is 3.39. The van der Waals surface area contributed by atoms with Crippen molar-refractivity contribution in [2.24, 2.45) is 11.8 Å². The third-order valence-corrected chi connectivity index (χ3v) is 12.1. The van der Waals surface area contributed by atoms with Crippen LogP contribution in [0.15, 0.2) is 69.9 Å². The molecule has 2 fully saturated rings. The van der Waals surface area contributed by atoms with Gasteiger partial charge in [-0.2, -0.15) is 0 Å². The Morgan fingerprint density at radius 3 is 1.59 bits per heavy atom. The van der Waals surface area contributed by atoms with Crippen molar-refractivity contribution in [3.8, 4) is 0 Å². The SMILES string of the molecule is C.C.CCOC(=O)C1=Cc2cc(Cl)ccc2C(C2CCNCC2)c2ncc(Br)cc21.O=C(O)C1=Cc2cc(Cl)ccc2C(C2CCNCC2)c2ncc(Br)cc21. The number of nitrogens with zero attached hydrogens (tertiary/aromatic N) is 2. The molecule has 2 aliphatic carbocycles. The van der Waals surface area contributed by atoms with Gasteiger partial charge in [0.15, 0.2) is 0 Å². The van der Waals surface area contributed by atoms with Gasteiger partial charge in [-0.25, -0.2) is 9.59 Å². The Labute approximate surface area is 356 Å². The third-order valence-electron chi connectivity index (χ3n) is 10.7. The number of carboxylic acid groups (broad SMARTS) is 1. The molecule has 0 spiro atoms. The van der Waals surface area contributed by atoms with Crippen LogP contribution in [0.3, 0.4) is 0 Å². The molecule has 3 N–H and O–H groups in total. The van der Waals surface area contributed by atoms with Crippen LogP contribution in [0.25, 0.3) is 23.3 Å². The summed E-state index contributed by atoms with van der Waals surface area (Å²) in [6.07, 6.45) is 11.4. The highest BCUT2D eigenvalue weighted by molar-refractivity contribution is 9.10. The van der Waals surface area contributed by atoms with E-state index in [9.17, 15) is 14.7 Å². The maximum Gasteiger partial charge on any atom is 0.338 e. The molecule has 4 aromatic rings. The number of hydrogen-bond donors (Lipinski definition) is 3. The highest BCUT2D eigenvalue weighted by atomic mass is 79.9. The van der Waals surface area contributed by atoms with Crippen molar-refractivity contribution in [3.05, 3.63) is 125 Å². The van der Waals surface area contributed by atoms with Gasteiger partial charge in [-0.1, -0.05) is 50.2 Å². The maximum atomic E-state index is 12.8. The second-order valence-electron chi connectivity index (χ2n) is 14.0. The van der Waals surface area contributed by atoms with Gasteiger partial charge in [0, 0.05) is 54.3 Å². The van der Waals surface area contributed by atoms with Gasteiger partial charge in [-0.15, -0.1) is 0 Å². The fraction of sp³-hybridized carbons (Fsp3) is 0.364. The molecule has 2 aromatic heterocycles. The Kier molecular flexibility index (Phi) is 15.1. The first-order valence-corrected chi connectivity index (χ1v) is 20.6. The van der Waals surface area contributed by atoms with E-state index in [2.05, 4.69) is 53.5 Å². The summed E-state index contributed by atoms with van der Waals surface area (Å²) in [6.45, 7) is 6.07. The van der Waals surface area contributed by atoms with Gasteiger partial charge in [-0.3, -0.25) is 9.97 Å². The number of rotatable bonds is 5. The van der Waals surface area contributed by atoms with Crippen LogP contribution < -0.4 is 10.6 Å². The van der Waals surface area contributed by atoms with E-state index in [-0.39, 0.29) is 38.2 Å². The van der Waals surface area contributed by atoms with Crippen molar-refractivity contribution >= 4 is 90.3 Å². The number of aliphatic carboxylic acids is 1. The Morgan fingerprint density at radius 2 is 1.16 bits per heavy atom. The zero-order chi connectivity index (χ0) is 37.9. The summed E-state index contributed by atoms with van der Waals surface area (Å²) in [6, 6.07) is 15.6. The van der Waals surface area contributed by atoms with E-state index in [0.717, 1.165) is 94.4 Å². The number of fused-ring (bicyclic) bond motifs is 4. The fourth-order valence-electron chi connectivity index (χ4n) is 8.36. The molecular weight excluding hydrogens is 879 g/mol. The van der Waals surface area contributed by atoms with E-state index in [1.807, 2.05) is 61.7 Å². The molecule has 12 heteroatoms. The lowest BCUT2D eigenvalue weighted by molar-refractivity contribution is -0.136. The van der Waals surface area contributed by atoms with Crippen molar-refractivity contribution in [1.82, 2.24) is 20.6 Å². The highest BCUT2D eigenvalue weighted by Crippen LogP contribution is 2.46. The van der Waals surface area contributed by atoms with Gasteiger partial charge in [0.05, 0.1) is 29.1 Å². The molecule has 56 heavy (non-hydrogen) atoms. The van der Waals surface area contributed by atoms with E-state index in [0.29, 0.717) is 39.6 Å². The molecule has 0 radical (unpaired) electrons. The lowest BCUT2D eigenvalue weighted by Crippen LogP contribution is -2.32. The molecule has 8 nitrogen and oxygen atoms in total. The van der Waals surface area contributed by atoms with Crippen molar-refractivity contribution < 1.29 is 19.4 Å². The molecule has 2 aliphatic heterocycles. The van der Waals surface area contributed by atoms with Crippen molar-refractivity contribution in [3.63, 3.8) is 0 Å². The van der Waals surface area contributed by atoms with E-state index in [4.69, 9.17) is 32.9 Å². The highest BCUT2D eigenvalue weighted by Gasteiger charge is 2.36. The first-order valence-electron chi connectivity index (χ1n) is 18.3. The molecular formula is C44H48Br2Cl2N4O4. The van der Waals surface area contributed by atoms with Crippen LogP contribution in [0, 0.1) is 11.8 Å². The van der Waals surface area contributed by atoms with Crippen molar-refractivity contribution in [1.29, 1.82) is 0 Å². The van der Waals surface area contributed by atoms with E-state index >= 15 is 0 Å². The number of carbonyl (C=O) groups is 2. The summed E-state index contributed by atoms with van der Waals surface area (Å²) in [5, 5.41) is 17.9. The molecule has 2 saturated heterocycles. The van der Waals surface area contributed by atoms with Gasteiger partial charge < -0.3 is 20.5 Å². The van der Waals surface area contributed by atoms with Crippen LogP contribution >= 0.6 is 55.1 Å². The standard InChI is InChI=1S/C22H22BrClN2O2.C20H18BrClN2O2.2CH4/c1-2-28-22(27)19-10-14-9-16(24)3-4-17(14)20(13-5-7-25-8-6-13)21-18(19)11-15(23)12-26-21;21-13-9-16-17(20(25)26)8-12-7-14(22)1-2-15(12)18(19(16)24-10-13)11-3-5-23-6-4-11;;/h3-4,9-13,20,25H,2,5-8H2,1H3;1-2,7-11,18,23H,3-6H2,(H,25,26);2*1H4. The summed E-state index contributed by atoms with van der Waals surface area (Å²) in [5.74, 6) is -0.265. The van der Waals surface area contributed by atoms with Crippen molar-refractivity contribution in [2.75, 3.05) is 32.8 Å². The molecule has 8 rings (SSSR count). The van der Waals surface area contributed by atoms with E-state index in [1.165, 1.54) is 5.56 Å². The summed E-state index contributed by atoms with van der Waals surface area (Å²) in [7, 11) is 0. The molecule has 296 valence electrons. The molecule has 2 unspecified atom stereocenters. The van der Waals surface area contributed by atoms with Crippen molar-refractivity contribution in [2.45, 2.75) is 59.3 Å². The minimum Gasteiger partial charge on any atom is -0.478 e. The smallest absolute Gasteiger partial charge is 0.338 e. The fourth-order valence-corrected chi connectivity index (χ4v) is 9.38. The number of carbonyl (C=O) groups excluding carboxylic acids is 1. The molecule has 0 bridgehead atoms. The van der Waals surface area contributed by atoms with Crippen LogP contribution in [-0.4, -0.2) is 59.8 Å². The second-order valence-corrected chi connectivity index (χ2v) is 16.7. The van der Waals surface area contributed by atoms with Crippen LogP contribution in [0.4, 0.5) is 0 Å². The first kappa shape index (κ1) is 43.7. The lowest BCUT2D eigenvalue weighted by Gasteiger charge is -2.32. The number of ether oxygens (including phenoxy) is 1. The monoisotopic (exact) mass is 924 g/mol. The Balaban J connectivity index is 0.000000207. The van der Waals surface area contributed by atoms with Crippen LogP contribution in [0.5, 0.6) is 0 Å². The quantitative estimate of drug-likeness (QED) is 0.170. The molecule has 2 aromatic carbocycles. The number of nitrogens with one attached hydrogen (secondary N) is 2. The van der Waals surface area contributed by atoms with E-state index < -0.39 is 5.97 Å². The number of esters is 1. The van der Waals surface area contributed by atoms with Gasteiger partial charge in [0.25, 0.3) is 0 Å². The van der Waals surface area contributed by atoms with Crippen LogP contribution in [0.1, 0.15) is 104 Å². The Hall–Kier alpha value is -3.38. The lowest BCUT2D eigenvalue weighted by atomic mass is 9.76. The number of pyridine rings is 2. The van der Waals surface area contributed by atoms with Gasteiger partial charge in [0.2, 0.25) is 0 Å². The van der Waals surface area contributed by atoms with Gasteiger partial charge in [-0.05, 0) is 173 Å². The predicted octanol–water partition coefficient (Wildman–Crippen LogP) is 10.9. The number of halogens is 4. The maximum absolute atomic E-state index is 12.8. The zero-order valence-electron chi connectivity index (χ0n) is 29.7. The first-order chi connectivity index (χ1) is 26.1. The van der Waals surface area contributed by atoms with Gasteiger partial charge >= 0.3 is 11.9 Å². The Morgan fingerprint density at radius 1 is 0.732 bits per heavy atom. The molecule has 4 aliphatic rings. The van der Waals surface area contributed by atoms with Gasteiger partial charge in [0.1, 0.15) is 0 Å². The number of aromatic nitrogens is 2. The summed E-state index contributed by atoms with van der Waals surface area (Å²) < 4.78 is 6.98. The number of carboxylic acids is 1. The largest absolute Gasteiger partial charge is 0.478 e. The van der Waals surface area contributed by atoms with Crippen LogP contribution in [-0.2, 0) is 14.3 Å². The number of piperidine rings is 2. The average molecular weight is 928 g/mol. The Bertz CT molecular complexity index is 2150. The molecule has 4 heterocycles. The summed E-state index contributed by atoms with van der Waals surface area (Å²) >= 11 is 19.5. The summed E-state index contributed by atoms with van der Waals surface area (Å²) in [4.78, 5) is 34.3. The second kappa shape index (κ2) is 19.4. The molecule has 0 saturated carbocycles. The number of hydrogen-bond acceptors (Lipinski definition) is 7. The molecule has 0 amide bonds. The minimum atomic E-state index is -0.956. The summed E-state index contributed by atoms with van der Waals surface area (Å²) in [5.41, 5.74) is 8.21. The normalized spacial score (nSPS) is 18.9. The topological polar surface area (TPSA) is 113 Å². The predicted molar refractivity (Wildman–Crippen MR) is 235 cm³/mol. The van der Waals surface area contributed by atoms with E-state index in [1.54, 1.807) is 12.3 Å². The minimum absolute atomic E-state index is 0. The zero-order valence-corrected chi connectivity index (χ0v) is 34.4. The number of benzene rings is 2. The molecule has 2 atom stereocenters. The van der Waals surface area contributed by atoms with Crippen LogP contribution in [0.2, 0.25) is 10.0 Å².